The fourth-order valence-electron chi connectivity index (χ4n) is 4.08. The molecule has 0 aromatic heterocycles. The number of hydrogen-bond acceptors (Lipinski definition) is 5. The Morgan fingerprint density at radius 1 is 0.767 bits per heavy atom. The summed E-state index contributed by atoms with van der Waals surface area (Å²) in [6.07, 6.45) is -4.64. The molecule has 4 rings (SSSR count). The van der Waals surface area contributed by atoms with Crippen molar-refractivity contribution in [2.75, 3.05) is 20.9 Å². The number of sulfonamides is 2. The second kappa shape index (κ2) is 12.5. The first kappa shape index (κ1) is 31.6. The highest BCUT2D eigenvalue weighted by Crippen LogP contribution is 2.31. The summed E-state index contributed by atoms with van der Waals surface area (Å²) >= 11 is 0. The molecule has 0 aliphatic heterocycles. The minimum absolute atomic E-state index is 0.00133. The molecule has 0 saturated heterocycles. The first-order chi connectivity index (χ1) is 20.2. The molecule has 0 atom stereocenters. The van der Waals surface area contributed by atoms with E-state index in [9.17, 15) is 34.8 Å². The van der Waals surface area contributed by atoms with Crippen LogP contribution in [0, 0.1) is 0 Å². The van der Waals surface area contributed by atoms with Gasteiger partial charge in [0.25, 0.3) is 20.0 Å². The number of alkyl halides is 3. The molecule has 0 aliphatic carbocycles. The Hall–Kier alpha value is -4.36. The third-order valence-corrected chi connectivity index (χ3v) is 9.54. The van der Waals surface area contributed by atoms with Gasteiger partial charge in [-0.2, -0.15) is 13.2 Å². The van der Waals surface area contributed by atoms with E-state index in [1.165, 1.54) is 30.3 Å². The second-order valence-electron chi connectivity index (χ2n) is 9.83. The van der Waals surface area contributed by atoms with Crippen LogP contribution in [0.1, 0.15) is 30.9 Å². The normalized spacial score (nSPS) is 12.1. The van der Waals surface area contributed by atoms with Gasteiger partial charge in [-0.15, -0.1) is 0 Å². The second-order valence-corrected chi connectivity index (χ2v) is 13.4. The molecule has 0 heterocycles. The van der Waals surface area contributed by atoms with Crippen molar-refractivity contribution in [1.82, 2.24) is 0 Å². The minimum Gasteiger partial charge on any atom is -0.325 e. The number of carbonyl (C=O) groups is 1. The Kier molecular flexibility index (Phi) is 9.16. The molecule has 4 aromatic rings. The van der Waals surface area contributed by atoms with E-state index < -0.39 is 44.2 Å². The van der Waals surface area contributed by atoms with E-state index in [4.69, 9.17) is 0 Å². The predicted octanol–water partition coefficient (Wildman–Crippen LogP) is 6.46. The van der Waals surface area contributed by atoms with Crippen LogP contribution in [0.4, 0.5) is 30.2 Å². The van der Waals surface area contributed by atoms with Gasteiger partial charge in [0.15, 0.2) is 0 Å². The third kappa shape index (κ3) is 7.73. The third-order valence-electron chi connectivity index (χ3n) is 6.36. The maximum atomic E-state index is 13.5. The van der Waals surface area contributed by atoms with Gasteiger partial charge in [0.1, 0.15) is 6.54 Å². The van der Waals surface area contributed by atoms with Gasteiger partial charge < -0.3 is 5.32 Å². The molecule has 0 radical (unpaired) electrons. The number of benzene rings is 4. The maximum absolute atomic E-state index is 13.5. The number of carbonyl (C=O) groups excluding carboxylic acids is 1. The summed E-state index contributed by atoms with van der Waals surface area (Å²) in [5.41, 5.74) is 0.168. The van der Waals surface area contributed by atoms with Gasteiger partial charge in [-0.3, -0.25) is 13.8 Å². The summed E-state index contributed by atoms with van der Waals surface area (Å²) in [5, 5.41) is 2.56. The Balaban J connectivity index is 1.52. The van der Waals surface area contributed by atoms with Gasteiger partial charge in [0.2, 0.25) is 5.91 Å². The fourth-order valence-corrected chi connectivity index (χ4v) is 6.57. The zero-order valence-electron chi connectivity index (χ0n) is 23.0. The van der Waals surface area contributed by atoms with E-state index in [1.54, 1.807) is 42.5 Å². The molecule has 0 unspecified atom stereocenters. The lowest BCUT2D eigenvalue weighted by Gasteiger charge is -2.24. The standard InChI is InChI=1S/C30H28F3N3O5S2/c1-21(2)22-11-15-26(16-12-22)36(43(40,41)28-9-4-3-5-10-28)20-29(37)34-24-13-17-27(18-14-24)42(38,39)35-25-8-6-7-23(19-25)30(31,32)33/h3-19,21,35H,20H2,1-2H3,(H,34,37). The van der Waals surface area contributed by atoms with E-state index in [-0.39, 0.29) is 32.8 Å². The summed E-state index contributed by atoms with van der Waals surface area (Å²) in [7, 11) is -8.38. The molecule has 226 valence electrons. The molecule has 0 saturated carbocycles. The zero-order chi connectivity index (χ0) is 31.4. The molecule has 4 aromatic carbocycles. The van der Waals surface area contributed by atoms with Crippen molar-refractivity contribution in [2.45, 2.75) is 35.7 Å². The predicted molar refractivity (Wildman–Crippen MR) is 159 cm³/mol. The molecule has 43 heavy (non-hydrogen) atoms. The monoisotopic (exact) mass is 631 g/mol. The van der Waals surface area contributed by atoms with Crippen LogP contribution in [0.25, 0.3) is 0 Å². The molecule has 2 N–H and O–H groups in total. The Labute approximate surface area is 248 Å². The Morgan fingerprint density at radius 2 is 1.40 bits per heavy atom. The number of hydrogen-bond donors (Lipinski definition) is 2. The van der Waals surface area contributed by atoms with Gasteiger partial charge in [-0.05, 0) is 78.2 Å². The van der Waals surface area contributed by atoms with Crippen LogP contribution in [0.3, 0.4) is 0 Å². The van der Waals surface area contributed by atoms with Crippen molar-refractivity contribution in [3.8, 4) is 0 Å². The van der Waals surface area contributed by atoms with Crippen LogP contribution in [-0.2, 0) is 31.0 Å². The summed E-state index contributed by atoms with van der Waals surface area (Å²) in [4.78, 5) is 12.8. The lowest BCUT2D eigenvalue weighted by molar-refractivity contribution is -0.137. The van der Waals surface area contributed by atoms with Crippen molar-refractivity contribution < 1.29 is 34.8 Å². The molecule has 0 bridgehead atoms. The average Bonchev–Trinajstić information content (AvgIpc) is 2.96. The molecule has 0 aliphatic rings. The number of anilines is 3. The number of nitrogens with one attached hydrogen (secondary N) is 2. The van der Waals surface area contributed by atoms with Crippen LogP contribution < -0.4 is 14.3 Å². The first-order valence-corrected chi connectivity index (χ1v) is 15.9. The highest BCUT2D eigenvalue weighted by molar-refractivity contribution is 7.93. The number of amides is 1. The van der Waals surface area contributed by atoms with E-state index in [2.05, 4.69) is 10.0 Å². The number of nitrogens with zero attached hydrogens (tertiary/aromatic N) is 1. The zero-order valence-corrected chi connectivity index (χ0v) is 24.7. The summed E-state index contributed by atoms with van der Waals surface area (Å²) in [6.45, 7) is 3.42. The summed E-state index contributed by atoms with van der Waals surface area (Å²) in [6, 6.07) is 23.2. The van der Waals surface area contributed by atoms with Gasteiger partial charge in [0, 0.05) is 11.4 Å². The molecular formula is C30H28F3N3O5S2. The smallest absolute Gasteiger partial charge is 0.325 e. The van der Waals surface area contributed by atoms with Crippen molar-refractivity contribution in [3.05, 3.63) is 114 Å². The lowest BCUT2D eigenvalue weighted by Crippen LogP contribution is -2.38. The van der Waals surface area contributed by atoms with E-state index in [0.717, 1.165) is 34.1 Å². The van der Waals surface area contributed by atoms with E-state index in [1.807, 2.05) is 13.8 Å². The van der Waals surface area contributed by atoms with E-state index in [0.29, 0.717) is 6.07 Å². The number of halogens is 3. The van der Waals surface area contributed by atoms with Crippen LogP contribution >= 0.6 is 0 Å². The molecule has 13 heteroatoms. The summed E-state index contributed by atoms with van der Waals surface area (Å²) in [5.74, 6) is -0.478. The topological polar surface area (TPSA) is 113 Å². The van der Waals surface area contributed by atoms with E-state index >= 15 is 0 Å². The highest BCUT2D eigenvalue weighted by Gasteiger charge is 2.31. The van der Waals surface area contributed by atoms with Crippen molar-refractivity contribution in [1.29, 1.82) is 0 Å². The first-order valence-electron chi connectivity index (χ1n) is 12.9. The van der Waals surface area contributed by atoms with Crippen LogP contribution in [0.5, 0.6) is 0 Å². The SMILES string of the molecule is CC(C)c1ccc(N(CC(=O)Nc2ccc(S(=O)(=O)Nc3cccc(C(F)(F)F)c3)cc2)S(=O)(=O)c2ccccc2)cc1. The van der Waals surface area contributed by atoms with Gasteiger partial charge in [-0.25, -0.2) is 16.8 Å². The van der Waals surface area contributed by atoms with Gasteiger partial charge in [-0.1, -0.05) is 50.2 Å². The van der Waals surface area contributed by atoms with Crippen molar-refractivity contribution in [2.24, 2.45) is 0 Å². The largest absolute Gasteiger partial charge is 0.416 e. The fraction of sp³-hybridized carbons (Fsp3) is 0.167. The van der Waals surface area contributed by atoms with Gasteiger partial charge in [0.05, 0.1) is 21.0 Å². The lowest BCUT2D eigenvalue weighted by atomic mass is 10.0. The average molecular weight is 632 g/mol. The van der Waals surface area contributed by atoms with Crippen molar-refractivity contribution in [3.63, 3.8) is 0 Å². The quantitative estimate of drug-likeness (QED) is 0.209. The van der Waals surface area contributed by atoms with Crippen LogP contribution in [-0.4, -0.2) is 29.3 Å². The maximum Gasteiger partial charge on any atom is 0.416 e. The molecule has 0 fully saturated rings. The number of rotatable bonds is 10. The van der Waals surface area contributed by atoms with Gasteiger partial charge >= 0.3 is 6.18 Å². The summed E-state index contributed by atoms with van der Waals surface area (Å²) < 4.78 is 94.7. The minimum atomic E-state index is -4.64. The molecular weight excluding hydrogens is 603 g/mol. The van der Waals surface area contributed by atoms with Crippen molar-refractivity contribution >= 4 is 43.0 Å². The van der Waals surface area contributed by atoms with Crippen LogP contribution in [0.2, 0.25) is 0 Å². The Bertz CT molecular complexity index is 1790. The Morgan fingerprint density at radius 3 is 1.98 bits per heavy atom. The molecule has 0 spiro atoms. The highest BCUT2D eigenvalue weighted by atomic mass is 32.2. The molecule has 8 nitrogen and oxygen atoms in total. The van der Waals surface area contributed by atoms with Crippen LogP contribution in [0.15, 0.2) is 113 Å². The molecule has 1 amide bonds.